The molecule has 4 heteroatoms. The smallest absolute Gasteiger partial charge is 0.335 e. The van der Waals surface area contributed by atoms with Crippen molar-refractivity contribution in [3.63, 3.8) is 0 Å². The zero-order chi connectivity index (χ0) is 14.4. The van der Waals surface area contributed by atoms with Gasteiger partial charge in [-0.25, -0.2) is 4.79 Å². The highest BCUT2D eigenvalue weighted by molar-refractivity contribution is 5.87. The quantitative estimate of drug-likeness (QED) is 0.782. The Morgan fingerprint density at radius 3 is 3.10 bits per heavy atom. The van der Waals surface area contributed by atoms with Crippen LogP contribution in [0.5, 0.6) is 0 Å². The third-order valence-corrected chi connectivity index (χ3v) is 3.85. The first kappa shape index (κ1) is 15.0. The van der Waals surface area contributed by atoms with Gasteiger partial charge in [0.2, 0.25) is 0 Å². The van der Waals surface area contributed by atoms with Gasteiger partial charge < -0.3 is 15.3 Å². The molecule has 1 fully saturated rings. The van der Waals surface area contributed by atoms with Crippen LogP contribution in [0.1, 0.15) is 35.7 Å². The summed E-state index contributed by atoms with van der Waals surface area (Å²) in [6, 6.07) is 7.12. The van der Waals surface area contributed by atoms with E-state index in [2.05, 4.69) is 17.1 Å². The van der Waals surface area contributed by atoms with Gasteiger partial charge in [-0.05, 0) is 43.0 Å². The Bertz CT molecular complexity index is 448. The summed E-state index contributed by atoms with van der Waals surface area (Å²) >= 11 is 0. The van der Waals surface area contributed by atoms with Gasteiger partial charge in [0.1, 0.15) is 0 Å². The maximum Gasteiger partial charge on any atom is 0.335 e. The van der Waals surface area contributed by atoms with Crippen molar-refractivity contribution in [2.45, 2.75) is 26.3 Å². The van der Waals surface area contributed by atoms with Crippen LogP contribution in [0, 0.1) is 5.92 Å². The van der Waals surface area contributed by atoms with E-state index >= 15 is 0 Å². The number of hydrogen-bond donors (Lipinski definition) is 2. The number of piperidine rings is 1. The molecule has 1 atom stereocenters. The van der Waals surface area contributed by atoms with Crippen molar-refractivity contribution in [1.82, 2.24) is 10.2 Å². The number of likely N-dealkylation sites (tertiary alicyclic amines) is 1. The minimum absolute atomic E-state index is 0.356. The highest BCUT2D eigenvalue weighted by Gasteiger charge is 2.15. The summed E-state index contributed by atoms with van der Waals surface area (Å²) in [6.45, 7) is 7.48. The van der Waals surface area contributed by atoms with Gasteiger partial charge in [-0.15, -0.1) is 0 Å². The lowest BCUT2D eigenvalue weighted by Gasteiger charge is -2.30. The molecule has 4 nitrogen and oxygen atoms in total. The molecular weight excluding hydrogens is 252 g/mol. The van der Waals surface area contributed by atoms with E-state index in [1.165, 1.54) is 25.9 Å². The van der Waals surface area contributed by atoms with Crippen LogP contribution < -0.4 is 5.32 Å². The van der Waals surface area contributed by atoms with Crippen molar-refractivity contribution in [3.8, 4) is 0 Å². The molecule has 0 spiro atoms. The lowest BCUT2D eigenvalue weighted by atomic mass is 10.0. The lowest BCUT2D eigenvalue weighted by Crippen LogP contribution is -2.38. The summed E-state index contributed by atoms with van der Waals surface area (Å²) < 4.78 is 0. The molecule has 2 rings (SSSR count). The van der Waals surface area contributed by atoms with Crippen LogP contribution in [0.15, 0.2) is 24.3 Å². The Balaban J connectivity index is 1.70. The van der Waals surface area contributed by atoms with E-state index in [1.54, 1.807) is 18.2 Å². The second kappa shape index (κ2) is 7.41. The topological polar surface area (TPSA) is 52.6 Å². The molecule has 0 aromatic heterocycles. The fourth-order valence-corrected chi connectivity index (χ4v) is 2.77. The number of hydrogen-bond acceptors (Lipinski definition) is 3. The van der Waals surface area contributed by atoms with E-state index in [0.29, 0.717) is 5.56 Å². The summed E-state index contributed by atoms with van der Waals surface area (Å²) in [7, 11) is 0. The number of rotatable bonds is 6. The molecule has 1 saturated heterocycles. The van der Waals surface area contributed by atoms with Gasteiger partial charge in [0.05, 0.1) is 5.56 Å². The van der Waals surface area contributed by atoms with E-state index in [9.17, 15) is 4.79 Å². The summed E-state index contributed by atoms with van der Waals surface area (Å²) in [6.07, 6.45) is 2.66. The second-order valence-electron chi connectivity index (χ2n) is 5.73. The van der Waals surface area contributed by atoms with Crippen LogP contribution in [-0.4, -0.2) is 42.2 Å². The van der Waals surface area contributed by atoms with Gasteiger partial charge in [0.25, 0.3) is 0 Å². The normalized spacial score (nSPS) is 19.9. The molecular formula is C16H24N2O2. The molecule has 0 radical (unpaired) electrons. The Hall–Kier alpha value is -1.39. The van der Waals surface area contributed by atoms with Crippen molar-refractivity contribution in [1.29, 1.82) is 0 Å². The van der Waals surface area contributed by atoms with Crippen LogP contribution in [0.25, 0.3) is 0 Å². The molecule has 2 N–H and O–H groups in total. The first-order valence-corrected chi connectivity index (χ1v) is 7.40. The third kappa shape index (κ3) is 4.62. The fourth-order valence-electron chi connectivity index (χ4n) is 2.77. The summed E-state index contributed by atoms with van der Waals surface area (Å²) in [5, 5.41) is 12.3. The predicted octanol–water partition coefficient (Wildman–Crippen LogP) is 2.21. The van der Waals surface area contributed by atoms with Crippen molar-refractivity contribution in [3.05, 3.63) is 35.4 Å². The number of aromatic carboxylic acids is 1. The molecule has 1 unspecified atom stereocenters. The molecule has 1 heterocycles. The van der Waals surface area contributed by atoms with Gasteiger partial charge in [0.15, 0.2) is 0 Å². The van der Waals surface area contributed by atoms with Gasteiger partial charge in [-0.3, -0.25) is 0 Å². The first-order chi connectivity index (χ1) is 9.65. The Kier molecular flexibility index (Phi) is 5.56. The molecule has 0 amide bonds. The molecule has 20 heavy (non-hydrogen) atoms. The minimum Gasteiger partial charge on any atom is -0.478 e. The zero-order valence-electron chi connectivity index (χ0n) is 12.1. The van der Waals surface area contributed by atoms with Crippen LogP contribution in [0.3, 0.4) is 0 Å². The lowest BCUT2D eigenvalue weighted by molar-refractivity contribution is 0.0696. The highest BCUT2D eigenvalue weighted by Crippen LogP contribution is 2.14. The van der Waals surface area contributed by atoms with Crippen molar-refractivity contribution in [2.24, 2.45) is 5.92 Å². The van der Waals surface area contributed by atoms with E-state index in [0.717, 1.165) is 31.1 Å². The van der Waals surface area contributed by atoms with Crippen LogP contribution >= 0.6 is 0 Å². The summed E-state index contributed by atoms with van der Waals surface area (Å²) in [5.74, 6) is -0.0508. The molecule has 1 aromatic carbocycles. The Morgan fingerprint density at radius 1 is 1.50 bits per heavy atom. The monoisotopic (exact) mass is 276 g/mol. The third-order valence-electron chi connectivity index (χ3n) is 3.85. The number of carboxylic acid groups (broad SMARTS) is 1. The zero-order valence-corrected chi connectivity index (χ0v) is 12.1. The summed E-state index contributed by atoms with van der Waals surface area (Å²) in [4.78, 5) is 13.4. The highest BCUT2D eigenvalue weighted by atomic mass is 16.4. The SMILES string of the molecule is CC1CCCN(CCNCc2cccc(C(=O)O)c2)C1. The van der Waals surface area contributed by atoms with Crippen LogP contribution in [0.2, 0.25) is 0 Å². The van der Waals surface area contributed by atoms with E-state index < -0.39 is 5.97 Å². The average Bonchev–Trinajstić information content (AvgIpc) is 2.44. The fraction of sp³-hybridized carbons (Fsp3) is 0.562. The molecule has 1 aliphatic heterocycles. The predicted molar refractivity (Wildman–Crippen MR) is 79.9 cm³/mol. The number of carboxylic acids is 1. The standard InChI is InChI=1S/C16H24N2O2/c1-13-4-3-8-18(12-13)9-7-17-11-14-5-2-6-15(10-14)16(19)20/h2,5-6,10,13,17H,3-4,7-9,11-12H2,1H3,(H,19,20). The number of carbonyl (C=O) groups is 1. The molecule has 0 saturated carbocycles. The minimum atomic E-state index is -0.867. The molecule has 1 aromatic rings. The first-order valence-electron chi connectivity index (χ1n) is 7.40. The van der Waals surface area contributed by atoms with Crippen LogP contribution in [0.4, 0.5) is 0 Å². The van der Waals surface area contributed by atoms with E-state index in [-0.39, 0.29) is 0 Å². The van der Waals surface area contributed by atoms with Crippen molar-refractivity contribution < 1.29 is 9.90 Å². The summed E-state index contributed by atoms with van der Waals surface area (Å²) in [5.41, 5.74) is 1.38. The number of nitrogens with one attached hydrogen (secondary N) is 1. The van der Waals surface area contributed by atoms with Gasteiger partial charge >= 0.3 is 5.97 Å². The molecule has 0 aliphatic carbocycles. The maximum absolute atomic E-state index is 10.9. The van der Waals surface area contributed by atoms with Crippen molar-refractivity contribution >= 4 is 5.97 Å². The Morgan fingerprint density at radius 2 is 2.35 bits per heavy atom. The Labute approximate surface area is 120 Å². The van der Waals surface area contributed by atoms with E-state index in [4.69, 9.17) is 5.11 Å². The van der Waals surface area contributed by atoms with E-state index in [1.807, 2.05) is 6.07 Å². The second-order valence-corrected chi connectivity index (χ2v) is 5.73. The van der Waals surface area contributed by atoms with Gasteiger partial charge in [-0.2, -0.15) is 0 Å². The maximum atomic E-state index is 10.9. The van der Waals surface area contributed by atoms with Gasteiger partial charge in [-0.1, -0.05) is 19.1 Å². The molecule has 1 aliphatic rings. The van der Waals surface area contributed by atoms with Gasteiger partial charge in [0, 0.05) is 26.2 Å². The molecule has 0 bridgehead atoms. The molecule has 110 valence electrons. The average molecular weight is 276 g/mol. The van der Waals surface area contributed by atoms with Crippen LogP contribution in [-0.2, 0) is 6.54 Å². The largest absolute Gasteiger partial charge is 0.478 e. The number of nitrogens with zero attached hydrogens (tertiary/aromatic N) is 1. The number of benzene rings is 1. The van der Waals surface area contributed by atoms with Crippen molar-refractivity contribution in [2.75, 3.05) is 26.2 Å².